The molecule has 1 aliphatic rings. The first kappa shape index (κ1) is 18.5. The van der Waals surface area contributed by atoms with E-state index in [0.29, 0.717) is 18.4 Å². The molecule has 0 aliphatic carbocycles. The second-order valence-electron chi connectivity index (χ2n) is 6.44. The van der Waals surface area contributed by atoms with Gasteiger partial charge in [-0.05, 0) is 54.8 Å². The molecule has 0 aromatic heterocycles. The van der Waals surface area contributed by atoms with Crippen LogP contribution in [0.2, 0.25) is 0 Å². The van der Waals surface area contributed by atoms with Gasteiger partial charge in [0.15, 0.2) is 0 Å². The Kier molecular flexibility index (Phi) is 5.67. The summed E-state index contributed by atoms with van der Waals surface area (Å²) < 4.78 is 40.4. The minimum absolute atomic E-state index is 0.0784. The standard InChI is InChI=1S/C19H20FN3O2S/c20-17-4-6-19(7-5-17)26(24,25)22-18-8-10-23(11-9-18)14-16-3-1-2-15(12-16)13-21/h1-7,12,18,22H,8-11,14H2. The van der Waals surface area contributed by atoms with Crippen LogP contribution in [0.3, 0.4) is 0 Å². The van der Waals surface area contributed by atoms with Gasteiger partial charge in [0.1, 0.15) is 5.82 Å². The zero-order chi connectivity index (χ0) is 18.6. The Labute approximate surface area is 153 Å². The van der Waals surface area contributed by atoms with Gasteiger partial charge in [-0.15, -0.1) is 0 Å². The van der Waals surface area contributed by atoms with Crippen LogP contribution in [-0.2, 0) is 16.6 Å². The minimum Gasteiger partial charge on any atom is -0.299 e. The third-order valence-corrected chi connectivity index (χ3v) is 6.03. The van der Waals surface area contributed by atoms with Crippen molar-refractivity contribution < 1.29 is 12.8 Å². The number of benzene rings is 2. The Bertz CT molecular complexity index is 899. The molecule has 5 nitrogen and oxygen atoms in total. The summed E-state index contributed by atoms with van der Waals surface area (Å²) in [6.45, 7) is 2.29. The lowest BCUT2D eigenvalue weighted by molar-refractivity contribution is 0.200. The Morgan fingerprint density at radius 1 is 1.15 bits per heavy atom. The molecule has 1 fully saturated rings. The molecular weight excluding hydrogens is 353 g/mol. The maximum absolute atomic E-state index is 13.0. The van der Waals surface area contributed by atoms with Crippen molar-refractivity contribution in [3.8, 4) is 6.07 Å². The van der Waals surface area contributed by atoms with Gasteiger partial charge in [-0.1, -0.05) is 12.1 Å². The van der Waals surface area contributed by atoms with E-state index < -0.39 is 15.8 Å². The van der Waals surface area contributed by atoms with Crippen LogP contribution in [0.15, 0.2) is 53.4 Å². The first-order valence-corrected chi connectivity index (χ1v) is 9.94. The topological polar surface area (TPSA) is 73.2 Å². The number of nitrogens with zero attached hydrogens (tertiary/aromatic N) is 2. The van der Waals surface area contributed by atoms with Gasteiger partial charge in [0.2, 0.25) is 10.0 Å². The van der Waals surface area contributed by atoms with E-state index in [1.165, 1.54) is 12.1 Å². The number of hydrogen-bond donors (Lipinski definition) is 1. The van der Waals surface area contributed by atoms with Crippen LogP contribution in [0.5, 0.6) is 0 Å². The molecule has 1 saturated heterocycles. The van der Waals surface area contributed by atoms with Gasteiger partial charge in [-0.25, -0.2) is 17.5 Å². The van der Waals surface area contributed by atoms with E-state index in [1.54, 1.807) is 6.07 Å². The number of likely N-dealkylation sites (tertiary alicyclic amines) is 1. The summed E-state index contributed by atoms with van der Waals surface area (Å²) in [5.41, 5.74) is 1.72. The van der Waals surface area contributed by atoms with Crippen molar-refractivity contribution in [2.24, 2.45) is 0 Å². The average Bonchev–Trinajstić information content (AvgIpc) is 2.64. The lowest BCUT2D eigenvalue weighted by Crippen LogP contribution is -2.44. The number of halogens is 1. The lowest BCUT2D eigenvalue weighted by atomic mass is 10.0. The zero-order valence-electron chi connectivity index (χ0n) is 14.2. The van der Waals surface area contributed by atoms with Gasteiger partial charge >= 0.3 is 0 Å². The molecule has 0 unspecified atom stereocenters. The van der Waals surface area contributed by atoms with Gasteiger partial charge < -0.3 is 0 Å². The first-order chi connectivity index (χ1) is 12.5. The van der Waals surface area contributed by atoms with E-state index in [4.69, 9.17) is 5.26 Å². The van der Waals surface area contributed by atoms with Crippen molar-refractivity contribution in [2.75, 3.05) is 13.1 Å². The summed E-state index contributed by atoms with van der Waals surface area (Å²) in [6.07, 6.45) is 1.41. The van der Waals surface area contributed by atoms with E-state index in [-0.39, 0.29) is 10.9 Å². The molecule has 26 heavy (non-hydrogen) atoms. The summed E-state index contributed by atoms with van der Waals surface area (Å²) >= 11 is 0. The molecule has 7 heteroatoms. The molecule has 0 bridgehead atoms. The quantitative estimate of drug-likeness (QED) is 0.874. The number of nitriles is 1. The Balaban J connectivity index is 1.55. The van der Waals surface area contributed by atoms with Crippen LogP contribution in [0.4, 0.5) is 4.39 Å². The van der Waals surface area contributed by atoms with Gasteiger partial charge in [0, 0.05) is 25.7 Å². The SMILES string of the molecule is N#Cc1cccc(CN2CCC(NS(=O)(=O)c3ccc(F)cc3)CC2)c1. The molecule has 0 spiro atoms. The number of hydrogen-bond acceptors (Lipinski definition) is 4. The van der Waals surface area contributed by atoms with Crippen molar-refractivity contribution in [1.82, 2.24) is 9.62 Å². The highest BCUT2D eigenvalue weighted by Gasteiger charge is 2.24. The highest BCUT2D eigenvalue weighted by molar-refractivity contribution is 7.89. The van der Waals surface area contributed by atoms with Crippen LogP contribution in [0.1, 0.15) is 24.0 Å². The Morgan fingerprint density at radius 3 is 2.50 bits per heavy atom. The molecule has 136 valence electrons. The fraction of sp³-hybridized carbons (Fsp3) is 0.316. The Morgan fingerprint density at radius 2 is 1.85 bits per heavy atom. The second-order valence-corrected chi connectivity index (χ2v) is 8.15. The molecule has 0 saturated carbocycles. The average molecular weight is 373 g/mol. The largest absolute Gasteiger partial charge is 0.299 e. The van der Waals surface area contributed by atoms with Gasteiger partial charge in [-0.2, -0.15) is 5.26 Å². The first-order valence-electron chi connectivity index (χ1n) is 8.45. The predicted octanol–water partition coefficient (Wildman–Crippen LogP) is 2.64. The highest BCUT2D eigenvalue weighted by Crippen LogP contribution is 2.17. The minimum atomic E-state index is -3.63. The number of rotatable bonds is 5. The van der Waals surface area contributed by atoms with Crippen molar-refractivity contribution >= 4 is 10.0 Å². The van der Waals surface area contributed by atoms with E-state index in [9.17, 15) is 12.8 Å². The van der Waals surface area contributed by atoms with Crippen LogP contribution >= 0.6 is 0 Å². The highest BCUT2D eigenvalue weighted by atomic mass is 32.2. The van der Waals surface area contributed by atoms with Gasteiger partial charge in [0.05, 0.1) is 16.5 Å². The predicted molar refractivity (Wildman–Crippen MR) is 96.2 cm³/mol. The summed E-state index contributed by atoms with van der Waals surface area (Å²) in [5.74, 6) is -0.460. The fourth-order valence-electron chi connectivity index (χ4n) is 3.11. The molecule has 0 atom stereocenters. The maximum Gasteiger partial charge on any atom is 0.240 e. The summed E-state index contributed by atoms with van der Waals surface area (Å²) in [4.78, 5) is 2.33. The third-order valence-electron chi connectivity index (χ3n) is 4.50. The smallest absolute Gasteiger partial charge is 0.240 e. The summed E-state index contributed by atoms with van der Waals surface area (Å²) in [5, 5.41) is 8.97. The fourth-order valence-corrected chi connectivity index (χ4v) is 4.41. The second kappa shape index (κ2) is 7.96. The van der Waals surface area contributed by atoms with Crippen molar-refractivity contribution in [3.63, 3.8) is 0 Å². The molecule has 1 heterocycles. The molecule has 0 amide bonds. The van der Waals surface area contributed by atoms with Gasteiger partial charge in [-0.3, -0.25) is 4.90 Å². The molecule has 0 radical (unpaired) electrons. The van der Waals surface area contributed by atoms with E-state index in [2.05, 4.69) is 15.7 Å². The Hall–Kier alpha value is -2.27. The summed E-state index contributed by atoms with van der Waals surface area (Å²) in [7, 11) is -3.63. The van der Waals surface area contributed by atoms with Crippen molar-refractivity contribution in [3.05, 3.63) is 65.5 Å². The third kappa shape index (κ3) is 4.67. The molecule has 1 N–H and O–H groups in total. The van der Waals surface area contributed by atoms with Crippen LogP contribution in [0.25, 0.3) is 0 Å². The molecule has 2 aromatic carbocycles. The molecule has 1 aliphatic heterocycles. The van der Waals surface area contributed by atoms with Gasteiger partial charge in [0.25, 0.3) is 0 Å². The van der Waals surface area contributed by atoms with E-state index in [0.717, 1.165) is 37.3 Å². The van der Waals surface area contributed by atoms with Crippen molar-refractivity contribution in [2.45, 2.75) is 30.3 Å². The monoisotopic (exact) mass is 373 g/mol. The summed E-state index contributed by atoms with van der Waals surface area (Å²) in [6, 6.07) is 14.4. The normalized spacial score (nSPS) is 16.3. The zero-order valence-corrected chi connectivity index (χ0v) is 15.0. The van der Waals surface area contributed by atoms with Crippen LogP contribution in [-0.4, -0.2) is 32.4 Å². The molecule has 2 aromatic rings. The maximum atomic E-state index is 13.0. The number of nitrogens with one attached hydrogen (secondary N) is 1. The van der Waals surface area contributed by atoms with Crippen molar-refractivity contribution in [1.29, 1.82) is 5.26 Å². The number of piperidine rings is 1. The molecule has 3 rings (SSSR count). The van der Waals surface area contributed by atoms with E-state index in [1.807, 2.05) is 18.2 Å². The van der Waals surface area contributed by atoms with E-state index >= 15 is 0 Å². The number of sulfonamides is 1. The molecular formula is C19H20FN3O2S. The lowest BCUT2D eigenvalue weighted by Gasteiger charge is -2.32. The van der Waals surface area contributed by atoms with Crippen LogP contribution < -0.4 is 4.72 Å². The van der Waals surface area contributed by atoms with Crippen LogP contribution in [0, 0.1) is 17.1 Å².